The SMILES string of the molecule is Nc1ccc(Oc2ccc(C3C=CC=CC3=[P+]([O-])c3ccc(Oc4ccc(N)cc4)cc3)cc2)cc1. The maximum atomic E-state index is 13.6. The molecule has 6 heteroatoms. The van der Waals surface area contributed by atoms with Gasteiger partial charge in [-0.3, -0.25) is 0 Å². The topological polar surface area (TPSA) is 93.6 Å². The van der Waals surface area contributed by atoms with Gasteiger partial charge >= 0.3 is 0 Å². The van der Waals surface area contributed by atoms with Gasteiger partial charge in [0.1, 0.15) is 33.6 Å². The molecule has 2 atom stereocenters. The summed E-state index contributed by atoms with van der Waals surface area (Å²) in [6.45, 7) is 0. The molecule has 0 spiro atoms. The highest BCUT2D eigenvalue weighted by Gasteiger charge is 2.23. The lowest BCUT2D eigenvalue weighted by Crippen LogP contribution is -2.17. The number of hydrogen-bond donors (Lipinski definition) is 2. The van der Waals surface area contributed by atoms with Gasteiger partial charge in [0.15, 0.2) is 0 Å². The molecule has 4 aromatic carbocycles. The summed E-state index contributed by atoms with van der Waals surface area (Å²) in [6.07, 6.45) is 7.92. The van der Waals surface area contributed by atoms with Crippen LogP contribution in [0.2, 0.25) is 0 Å². The zero-order chi connectivity index (χ0) is 24.9. The van der Waals surface area contributed by atoms with Gasteiger partial charge in [-0.25, -0.2) is 0 Å². The van der Waals surface area contributed by atoms with Crippen molar-refractivity contribution >= 4 is 29.7 Å². The number of rotatable bonds is 6. The Labute approximate surface area is 211 Å². The van der Waals surface area contributed by atoms with Crippen LogP contribution < -0.4 is 31.1 Å². The van der Waals surface area contributed by atoms with E-state index in [0.29, 0.717) is 22.9 Å². The van der Waals surface area contributed by atoms with Crippen molar-refractivity contribution in [2.24, 2.45) is 0 Å². The molecular weight excluding hydrogens is 467 g/mol. The van der Waals surface area contributed by atoms with Gasteiger partial charge in [-0.1, -0.05) is 30.4 Å². The molecule has 0 saturated heterocycles. The van der Waals surface area contributed by atoms with E-state index < -0.39 is 7.77 Å². The van der Waals surface area contributed by atoms with E-state index in [9.17, 15) is 4.89 Å². The fourth-order valence-corrected chi connectivity index (χ4v) is 5.32. The van der Waals surface area contributed by atoms with E-state index in [1.54, 1.807) is 24.3 Å². The molecule has 5 rings (SSSR count). The van der Waals surface area contributed by atoms with Crippen molar-refractivity contribution in [3.05, 3.63) is 127 Å². The minimum Gasteiger partial charge on any atom is -0.626 e. The van der Waals surface area contributed by atoms with Crippen molar-refractivity contribution in [2.45, 2.75) is 5.92 Å². The normalized spacial score (nSPS) is 16.0. The summed E-state index contributed by atoms with van der Waals surface area (Å²) < 4.78 is 11.8. The number of allylic oxidation sites excluding steroid dienone is 4. The Kier molecular flexibility index (Phi) is 6.85. The Morgan fingerprint density at radius 2 is 1.03 bits per heavy atom. The number of hydrogen-bond acceptors (Lipinski definition) is 5. The second-order valence-corrected chi connectivity index (χ2v) is 9.97. The molecule has 0 aromatic heterocycles. The van der Waals surface area contributed by atoms with Crippen molar-refractivity contribution in [2.75, 3.05) is 11.5 Å². The summed E-state index contributed by atoms with van der Waals surface area (Å²) in [7, 11) is -1.77. The Morgan fingerprint density at radius 1 is 0.583 bits per heavy atom. The first kappa shape index (κ1) is 23.4. The van der Waals surface area contributed by atoms with E-state index in [4.69, 9.17) is 20.9 Å². The number of nitrogens with two attached hydrogens (primary N) is 2. The Hall–Kier alpha value is -4.31. The van der Waals surface area contributed by atoms with Crippen LogP contribution >= 0.6 is 7.77 Å². The Morgan fingerprint density at radius 3 is 1.53 bits per heavy atom. The van der Waals surface area contributed by atoms with E-state index in [0.717, 1.165) is 27.7 Å². The van der Waals surface area contributed by atoms with E-state index >= 15 is 0 Å². The fourth-order valence-electron chi connectivity index (χ4n) is 3.89. The third kappa shape index (κ3) is 5.49. The van der Waals surface area contributed by atoms with Gasteiger partial charge < -0.3 is 25.8 Å². The first-order valence-corrected chi connectivity index (χ1v) is 12.8. The van der Waals surface area contributed by atoms with Gasteiger partial charge in [-0.15, -0.1) is 0 Å². The predicted octanol–water partition coefficient (Wildman–Crippen LogP) is 5.90. The lowest BCUT2D eigenvalue weighted by Gasteiger charge is -2.17. The van der Waals surface area contributed by atoms with Crippen molar-refractivity contribution in [1.82, 2.24) is 0 Å². The molecule has 0 bridgehead atoms. The van der Waals surface area contributed by atoms with Crippen LogP contribution in [0.1, 0.15) is 11.5 Å². The van der Waals surface area contributed by atoms with Crippen LogP contribution in [0.25, 0.3) is 0 Å². The summed E-state index contributed by atoms with van der Waals surface area (Å²) in [5.74, 6) is 2.72. The quantitative estimate of drug-likeness (QED) is 0.258. The van der Waals surface area contributed by atoms with Gasteiger partial charge in [-0.2, -0.15) is 0 Å². The molecule has 0 radical (unpaired) electrons. The van der Waals surface area contributed by atoms with Crippen LogP contribution in [0.5, 0.6) is 23.0 Å². The summed E-state index contributed by atoms with van der Waals surface area (Å²) in [5.41, 5.74) is 13.9. The highest BCUT2D eigenvalue weighted by molar-refractivity contribution is 7.60. The molecule has 2 unspecified atom stereocenters. The van der Waals surface area contributed by atoms with E-state index in [-0.39, 0.29) is 5.92 Å². The van der Waals surface area contributed by atoms with Gasteiger partial charge in [-0.05, 0) is 96.6 Å². The van der Waals surface area contributed by atoms with Crippen molar-refractivity contribution < 1.29 is 14.4 Å². The van der Waals surface area contributed by atoms with Gasteiger partial charge in [0.2, 0.25) is 0 Å². The average molecular weight is 493 g/mol. The van der Waals surface area contributed by atoms with E-state index in [1.165, 1.54) is 0 Å². The van der Waals surface area contributed by atoms with E-state index in [1.807, 2.05) is 91.0 Å². The molecule has 4 aromatic rings. The predicted molar refractivity (Wildman–Crippen MR) is 147 cm³/mol. The minimum atomic E-state index is -1.77. The molecule has 0 heterocycles. The summed E-state index contributed by atoms with van der Waals surface area (Å²) in [5, 5.41) is 1.60. The largest absolute Gasteiger partial charge is 0.626 e. The summed E-state index contributed by atoms with van der Waals surface area (Å²) >= 11 is 0. The number of benzene rings is 4. The first-order valence-electron chi connectivity index (χ1n) is 11.5. The van der Waals surface area contributed by atoms with E-state index in [2.05, 4.69) is 6.08 Å². The number of nitrogen functional groups attached to an aromatic ring is 2. The molecule has 4 N–H and O–H groups in total. The van der Waals surface area contributed by atoms with Gasteiger partial charge in [0.25, 0.3) is 0 Å². The molecule has 1 aliphatic carbocycles. The lowest BCUT2D eigenvalue weighted by molar-refractivity contribution is -0.149. The molecule has 0 aliphatic heterocycles. The summed E-state index contributed by atoms with van der Waals surface area (Å²) in [4.78, 5) is 13.6. The summed E-state index contributed by atoms with van der Waals surface area (Å²) in [6, 6.07) is 29.7. The van der Waals surface area contributed by atoms with Crippen LogP contribution in [-0.4, -0.2) is 5.29 Å². The van der Waals surface area contributed by atoms with Crippen LogP contribution in [0.15, 0.2) is 121 Å². The molecule has 178 valence electrons. The monoisotopic (exact) mass is 492 g/mol. The van der Waals surface area contributed by atoms with Crippen LogP contribution in [0.4, 0.5) is 11.4 Å². The highest BCUT2D eigenvalue weighted by Crippen LogP contribution is 2.33. The van der Waals surface area contributed by atoms with Crippen LogP contribution in [0, 0.1) is 0 Å². The van der Waals surface area contributed by atoms with Crippen LogP contribution in [0.3, 0.4) is 0 Å². The maximum Gasteiger partial charge on any atom is 0.145 e. The maximum absolute atomic E-state index is 13.6. The third-order valence-electron chi connectivity index (χ3n) is 5.78. The van der Waals surface area contributed by atoms with Crippen molar-refractivity contribution in [3.63, 3.8) is 0 Å². The zero-order valence-electron chi connectivity index (χ0n) is 19.5. The molecule has 0 fully saturated rings. The smallest absolute Gasteiger partial charge is 0.145 e. The first-order chi connectivity index (χ1) is 17.5. The third-order valence-corrected chi connectivity index (χ3v) is 7.44. The highest BCUT2D eigenvalue weighted by atomic mass is 31.1. The van der Waals surface area contributed by atoms with Crippen molar-refractivity contribution in [3.8, 4) is 23.0 Å². The second kappa shape index (κ2) is 10.5. The second-order valence-electron chi connectivity index (χ2n) is 8.35. The minimum absolute atomic E-state index is 0.0881. The number of ether oxygens (including phenoxy) is 2. The Balaban J connectivity index is 1.34. The lowest BCUT2D eigenvalue weighted by atomic mass is 9.92. The molecule has 36 heavy (non-hydrogen) atoms. The van der Waals surface area contributed by atoms with Crippen molar-refractivity contribution in [1.29, 1.82) is 0 Å². The Bertz CT molecular complexity index is 1420. The average Bonchev–Trinajstić information content (AvgIpc) is 2.92. The molecule has 1 aliphatic rings. The van der Waals surface area contributed by atoms with Crippen LogP contribution in [-0.2, 0) is 0 Å². The van der Waals surface area contributed by atoms with Gasteiger partial charge in [0.05, 0.1) is 13.7 Å². The van der Waals surface area contributed by atoms with Gasteiger partial charge in [0, 0.05) is 11.4 Å². The zero-order valence-corrected chi connectivity index (χ0v) is 20.3. The number of anilines is 2. The molecule has 0 amide bonds. The standard InChI is InChI=1S/C30H25N2O3P/c31-22-7-13-25(14-8-22)34-24-11-5-21(6-12-24)29-3-1-2-4-30(29)36(33)28-19-17-27(18-20-28)35-26-15-9-23(32)10-16-26/h1-20,29H,31-32H2. The molecular formula is C30H25N2O3P. The fraction of sp³-hybridized carbons (Fsp3) is 0.0333. The molecule has 0 saturated carbocycles. The molecule has 5 nitrogen and oxygen atoms in total.